The number of oxazole rings is 1. The van der Waals surface area contributed by atoms with Crippen molar-refractivity contribution >= 4 is 46.1 Å². The van der Waals surface area contributed by atoms with Crippen LogP contribution >= 0.6 is 11.6 Å². The van der Waals surface area contributed by atoms with E-state index in [0.29, 0.717) is 33.3 Å². The molecule has 0 saturated carbocycles. The standard InChI is InChI=1S/C32H24ClN3O4/c33-25-11-5-4-10-23(25)20-35(29(37)18-21-8-2-1-3-9-21)27-19-30(38)36(32(27)39)24-16-14-22(15-17-24)31-34-26-12-6-7-13-28(26)40-31/h1-17,27H,18-20H2. The lowest BCUT2D eigenvalue weighted by molar-refractivity contribution is -0.138. The monoisotopic (exact) mass is 549 g/mol. The lowest BCUT2D eigenvalue weighted by Gasteiger charge is -2.28. The molecule has 0 bridgehead atoms. The number of nitrogens with zero attached hydrogens (tertiary/aromatic N) is 3. The summed E-state index contributed by atoms with van der Waals surface area (Å²) < 4.78 is 5.84. The molecule has 0 radical (unpaired) electrons. The van der Waals surface area contributed by atoms with E-state index in [4.69, 9.17) is 16.0 Å². The Morgan fingerprint density at radius 2 is 1.60 bits per heavy atom. The van der Waals surface area contributed by atoms with Crippen molar-refractivity contribution in [2.45, 2.75) is 25.4 Å². The molecule has 0 N–H and O–H groups in total. The van der Waals surface area contributed by atoms with Gasteiger partial charge in [0.2, 0.25) is 17.7 Å². The summed E-state index contributed by atoms with van der Waals surface area (Å²) in [5, 5.41) is 0.489. The molecule has 1 saturated heterocycles. The predicted octanol–water partition coefficient (Wildman–Crippen LogP) is 6.05. The van der Waals surface area contributed by atoms with Gasteiger partial charge >= 0.3 is 0 Å². The first-order chi connectivity index (χ1) is 19.5. The summed E-state index contributed by atoms with van der Waals surface area (Å²) >= 11 is 6.41. The summed E-state index contributed by atoms with van der Waals surface area (Å²) in [6, 6.07) is 29.9. The van der Waals surface area contributed by atoms with Gasteiger partial charge in [-0.1, -0.05) is 72.3 Å². The van der Waals surface area contributed by atoms with E-state index in [9.17, 15) is 14.4 Å². The van der Waals surface area contributed by atoms with Gasteiger partial charge in [0.05, 0.1) is 18.5 Å². The van der Waals surface area contributed by atoms with Crippen LogP contribution in [-0.2, 0) is 27.3 Å². The van der Waals surface area contributed by atoms with Gasteiger partial charge in [-0.05, 0) is 53.6 Å². The SMILES string of the molecule is O=C1CC(N(Cc2ccccc2Cl)C(=O)Cc2ccccc2)C(=O)N1c1ccc(-c2nc3ccccc3o2)cc1. The third-order valence-corrected chi connectivity index (χ3v) is 7.35. The Morgan fingerprint density at radius 3 is 2.35 bits per heavy atom. The largest absolute Gasteiger partial charge is 0.436 e. The zero-order valence-electron chi connectivity index (χ0n) is 21.4. The molecule has 4 aromatic carbocycles. The van der Waals surface area contributed by atoms with Gasteiger partial charge in [0.25, 0.3) is 5.91 Å². The van der Waals surface area contributed by atoms with Crippen LogP contribution in [0, 0.1) is 0 Å². The van der Waals surface area contributed by atoms with Gasteiger partial charge in [-0.3, -0.25) is 14.4 Å². The summed E-state index contributed by atoms with van der Waals surface area (Å²) in [7, 11) is 0. The Balaban J connectivity index is 1.27. The predicted molar refractivity (Wildman–Crippen MR) is 152 cm³/mol. The third-order valence-electron chi connectivity index (χ3n) is 6.98. The van der Waals surface area contributed by atoms with Gasteiger partial charge in [0.15, 0.2) is 5.58 Å². The van der Waals surface area contributed by atoms with Crippen LogP contribution in [0.1, 0.15) is 17.5 Å². The maximum absolute atomic E-state index is 13.7. The molecule has 0 aliphatic carbocycles. The molecule has 5 aromatic rings. The van der Waals surface area contributed by atoms with Gasteiger partial charge in [-0.25, -0.2) is 9.88 Å². The van der Waals surface area contributed by atoms with Crippen molar-refractivity contribution in [1.82, 2.24) is 9.88 Å². The van der Waals surface area contributed by atoms with E-state index in [-0.39, 0.29) is 31.2 Å². The molecular weight excluding hydrogens is 526 g/mol. The molecule has 198 valence electrons. The van der Waals surface area contributed by atoms with Crippen molar-refractivity contribution in [2.75, 3.05) is 4.90 Å². The number of rotatable bonds is 7. The van der Waals surface area contributed by atoms with Gasteiger partial charge in [-0.2, -0.15) is 0 Å². The lowest BCUT2D eigenvalue weighted by atomic mass is 10.1. The van der Waals surface area contributed by atoms with E-state index in [2.05, 4.69) is 4.98 Å². The molecule has 1 aliphatic heterocycles. The van der Waals surface area contributed by atoms with Crippen molar-refractivity contribution in [2.24, 2.45) is 0 Å². The van der Waals surface area contributed by atoms with E-state index < -0.39 is 11.9 Å². The number of hydrogen-bond acceptors (Lipinski definition) is 5. The molecule has 8 heteroatoms. The number of halogens is 1. The van der Waals surface area contributed by atoms with Crippen molar-refractivity contribution in [3.8, 4) is 11.5 Å². The van der Waals surface area contributed by atoms with Crippen LogP contribution in [0.15, 0.2) is 108 Å². The topological polar surface area (TPSA) is 83.7 Å². The molecule has 40 heavy (non-hydrogen) atoms. The fourth-order valence-electron chi connectivity index (χ4n) is 4.93. The minimum absolute atomic E-state index is 0.0997. The van der Waals surface area contributed by atoms with E-state index in [1.54, 1.807) is 36.4 Å². The van der Waals surface area contributed by atoms with Crippen molar-refractivity contribution < 1.29 is 18.8 Å². The molecule has 1 unspecified atom stereocenters. The Morgan fingerprint density at radius 1 is 0.900 bits per heavy atom. The Kier molecular flexibility index (Phi) is 6.88. The minimum atomic E-state index is -0.947. The van der Waals surface area contributed by atoms with Gasteiger partial charge in [0, 0.05) is 17.1 Å². The highest BCUT2D eigenvalue weighted by Crippen LogP contribution is 2.31. The fraction of sp³-hybridized carbons (Fsp3) is 0.125. The van der Waals surface area contributed by atoms with Crippen molar-refractivity contribution in [3.05, 3.63) is 119 Å². The first-order valence-corrected chi connectivity index (χ1v) is 13.3. The van der Waals surface area contributed by atoms with Crippen molar-refractivity contribution in [1.29, 1.82) is 0 Å². The van der Waals surface area contributed by atoms with Crippen LogP contribution in [0.2, 0.25) is 5.02 Å². The van der Waals surface area contributed by atoms with Gasteiger partial charge < -0.3 is 9.32 Å². The van der Waals surface area contributed by atoms with Crippen LogP contribution in [0.5, 0.6) is 0 Å². The zero-order chi connectivity index (χ0) is 27.6. The molecule has 1 aliphatic rings. The minimum Gasteiger partial charge on any atom is -0.436 e. The number of imide groups is 1. The highest BCUT2D eigenvalue weighted by Gasteiger charge is 2.44. The molecule has 0 spiro atoms. The second kappa shape index (κ2) is 10.8. The molecule has 2 heterocycles. The van der Waals surface area contributed by atoms with Gasteiger partial charge in [-0.15, -0.1) is 0 Å². The highest BCUT2D eigenvalue weighted by molar-refractivity contribution is 6.31. The number of fused-ring (bicyclic) bond motifs is 1. The Labute approximate surface area is 235 Å². The number of para-hydroxylation sites is 2. The third kappa shape index (κ3) is 4.99. The lowest BCUT2D eigenvalue weighted by Crippen LogP contribution is -2.45. The van der Waals surface area contributed by atoms with Gasteiger partial charge in [0.1, 0.15) is 11.6 Å². The molecule has 1 aromatic heterocycles. The first kappa shape index (κ1) is 25.5. The normalized spacial score (nSPS) is 15.1. The molecule has 1 atom stereocenters. The van der Waals surface area contributed by atoms with Crippen LogP contribution in [-0.4, -0.2) is 33.6 Å². The van der Waals surface area contributed by atoms with Crippen LogP contribution in [0.25, 0.3) is 22.6 Å². The summed E-state index contributed by atoms with van der Waals surface area (Å²) in [4.78, 5) is 47.6. The Bertz CT molecular complexity index is 1680. The number of amides is 3. The van der Waals surface area contributed by atoms with E-state index in [0.717, 1.165) is 16.0 Å². The van der Waals surface area contributed by atoms with Crippen LogP contribution in [0.3, 0.4) is 0 Å². The Hall–Kier alpha value is -4.75. The fourth-order valence-corrected chi connectivity index (χ4v) is 5.13. The molecule has 3 amide bonds. The number of anilines is 1. The highest BCUT2D eigenvalue weighted by atomic mass is 35.5. The molecule has 6 rings (SSSR count). The van der Waals surface area contributed by atoms with Crippen LogP contribution < -0.4 is 4.90 Å². The summed E-state index contributed by atoms with van der Waals surface area (Å²) in [5.41, 5.74) is 4.08. The number of aromatic nitrogens is 1. The number of benzene rings is 4. The summed E-state index contributed by atoms with van der Waals surface area (Å²) in [5.74, 6) is -0.637. The molecular formula is C32H24ClN3O4. The van der Waals surface area contributed by atoms with Crippen LogP contribution in [0.4, 0.5) is 5.69 Å². The number of carbonyl (C=O) groups excluding carboxylic acids is 3. The second-order valence-corrected chi connectivity index (χ2v) is 10.0. The van der Waals surface area contributed by atoms with E-state index in [1.807, 2.05) is 66.7 Å². The first-order valence-electron chi connectivity index (χ1n) is 12.9. The number of carbonyl (C=O) groups is 3. The average Bonchev–Trinajstić information content (AvgIpc) is 3.53. The maximum Gasteiger partial charge on any atom is 0.257 e. The average molecular weight is 550 g/mol. The maximum atomic E-state index is 13.7. The summed E-state index contributed by atoms with van der Waals surface area (Å²) in [6.07, 6.45) is -0.0147. The second-order valence-electron chi connectivity index (χ2n) is 9.60. The molecule has 7 nitrogen and oxygen atoms in total. The zero-order valence-corrected chi connectivity index (χ0v) is 22.1. The quantitative estimate of drug-likeness (QED) is 0.231. The number of hydrogen-bond donors (Lipinski definition) is 0. The van der Waals surface area contributed by atoms with E-state index in [1.165, 1.54) is 4.90 Å². The summed E-state index contributed by atoms with van der Waals surface area (Å²) in [6.45, 7) is 0.111. The molecule has 1 fully saturated rings. The van der Waals surface area contributed by atoms with E-state index >= 15 is 0 Å². The smallest absolute Gasteiger partial charge is 0.257 e. The van der Waals surface area contributed by atoms with Crippen molar-refractivity contribution in [3.63, 3.8) is 0 Å².